The molecule has 0 spiro atoms. The smallest absolute Gasteiger partial charge is 0.225 e. The fourth-order valence-corrected chi connectivity index (χ4v) is 4.46. The van der Waals surface area contributed by atoms with Gasteiger partial charge in [-0.15, -0.1) is 0 Å². The lowest BCUT2D eigenvalue weighted by Gasteiger charge is -2.35. The molecule has 2 heterocycles. The molecule has 1 saturated heterocycles. The highest BCUT2D eigenvalue weighted by atomic mass is 19.1. The minimum Gasteiger partial charge on any atom is -0.368 e. The number of nitrogens with one attached hydrogen (secondary N) is 1. The van der Waals surface area contributed by atoms with Crippen LogP contribution >= 0.6 is 0 Å². The van der Waals surface area contributed by atoms with Crippen LogP contribution < -0.4 is 10.2 Å². The highest BCUT2D eigenvalue weighted by molar-refractivity contribution is 5.80. The maximum absolute atomic E-state index is 14.9. The Balaban J connectivity index is 1.43. The first-order chi connectivity index (χ1) is 13.7. The maximum Gasteiger partial charge on any atom is 0.225 e. The van der Waals surface area contributed by atoms with E-state index >= 15 is 0 Å². The number of anilines is 1. The van der Waals surface area contributed by atoms with E-state index in [2.05, 4.69) is 10.3 Å². The molecular formula is C23H28FN3O. The summed E-state index contributed by atoms with van der Waals surface area (Å²) in [5.41, 5.74) is 2.38. The molecule has 2 fully saturated rings. The summed E-state index contributed by atoms with van der Waals surface area (Å²) in [6.45, 7) is 1.38. The van der Waals surface area contributed by atoms with Crippen molar-refractivity contribution in [1.29, 1.82) is 0 Å². The van der Waals surface area contributed by atoms with Gasteiger partial charge in [0.25, 0.3) is 0 Å². The van der Waals surface area contributed by atoms with Crippen molar-refractivity contribution in [2.24, 2.45) is 5.92 Å². The Morgan fingerprint density at radius 3 is 2.54 bits per heavy atom. The van der Waals surface area contributed by atoms with E-state index in [1.165, 1.54) is 19.3 Å². The average Bonchev–Trinajstić information content (AvgIpc) is 2.75. The normalized spacial score (nSPS) is 20.8. The summed E-state index contributed by atoms with van der Waals surface area (Å²) in [7, 11) is 0. The molecule has 1 aromatic carbocycles. The van der Waals surface area contributed by atoms with Crippen LogP contribution in [0, 0.1) is 11.7 Å². The van der Waals surface area contributed by atoms with Crippen LogP contribution in [0.1, 0.15) is 44.9 Å². The fourth-order valence-electron chi connectivity index (χ4n) is 4.46. The molecule has 1 N–H and O–H groups in total. The van der Waals surface area contributed by atoms with Crippen LogP contribution in [-0.2, 0) is 4.79 Å². The van der Waals surface area contributed by atoms with Crippen LogP contribution in [0.5, 0.6) is 0 Å². The SMILES string of the molecule is O=C(NC1CCCCC1)[C@H]1CCCN(c2ccc(-c3ccncc3)cc2F)C1. The molecule has 4 nitrogen and oxygen atoms in total. The topological polar surface area (TPSA) is 45.2 Å². The lowest BCUT2D eigenvalue weighted by molar-refractivity contribution is -0.126. The van der Waals surface area contributed by atoms with Crippen molar-refractivity contribution < 1.29 is 9.18 Å². The van der Waals surface area contributed by atoms with Crippen molar-refractivity contribution in [3.63, 3.8) is 0 Å². The van der Waals surface area contributed by atoms with Gasteiger partial charge in [0.05, 0.1) is 11.6 Å². The molecule has 148 valence electrons. The molecule has 0 bridgehead atoms. The van der Waals surface area contributed by atoms with Gasteiger partial charge in [0, 0.05) is 31.5 Å². The third-order valence-electron chi connectivity index (χ3n) is 6.05. The molecule has 2 aromatic rings. The second-order valence-corrected chi connectivity index (χ2v) is 8.03. The Kier molecular flexibility index (Phi) is 5.89. The second kappa shape index (κ2) is 8.72. The molecule has 2 aliphatic rings. The van der Waals surface area contributed by atoms with E-state index in [0.717, 1.165) is 43.4 Å². The van der Waals surface area contributed by atoms with Gasteiger partial charge in [-0.05, 0) is 61.1 Å². The van der Waals surface area contributed by atoms with E-state index in [0.29, 0.717) is 18.3 Å². The second-order valence-electron chi connectivity index (χ2n) is 8.03. The van der Waals surface area contributed by atoms with Crippen LogP contribution in [0.2, 0.25) is 0 Å². The number of carbonyl (C=O) groups is 1. The number of amides is 1. The summed E-state index contributed by atoms with van der Waals surface area (Å²) in [6.07, 6.45) is 11.1. The first kappa shape index (κ1) is 18.9. The number of aromatic nitrogens is 1. The van der Waals surface area contributed by atoms with Crippen molar-refractivity contribution in [2.45, 2.75) is 51.0 Å². The molecule has 1 aromatic heterocycles. The molecule has 1 amide bonds. The molecule has 28 heavy (non-hydrogen) atoms. The molecule has 0 radical (unpaired) electrons. The quantitative estimate of drug-likeness (QED) is 0.845. The Hall–Kier alpha value is -2.43. The predicted molar refractivity (Wildman–Crippen MR) is 110 cm³/mol. The van der Waals surface area contributed by atoms with E-state index in [9.17, 15) is 9.18 Å². The molecule has 1 atom stereocenters. The molecule has 5 heteroatoms. The van der Waals surface area contributed by atoms with Crippen LogP contribution in [0.25, 0.3) is 11.1 Å². The van der Waals surface area contributed by atoms with Gasteiger partial charge in [-0.3, -0.25) is 9.78 Å². The van der Waals surface area contributed by atoms with E-state index in [-0.39, 0.29) is 17.6 Å². The van der Waals surface area contributed by atoms with Gasteiger partial charge in [0.2, 0.25) is 5.91 Å². The largest absolute Gasteiger partial charge is 0.368 e. The van der Waals surface area contributed by atoms with Crippen LogP contribution in [0.15, 0.2) is 42.7 Å². The first-order valence-electron chi connectivity index (χ1n) is 10.5. The Bertz CT molecular complexity index is 805. The lowest BCUT2D eigenvalue weighted by atomic mass is 9.92. The summed E-state index contributed by atoms with van der Waals surface area (Å²) in [6, 6.07) is 9.44. The van der Waals surface area contributed by atoms with Gasteiger partial charge >= 0.3 is 0 Å². The van der Waals surface area contributed by atoms with Crippen molar-refractivity contribution >= 4 is 11.6 Å². The van der Waals surface area contributed by atoms with Gasteiger partial charge in [-0.1, -0.05) is 25.3 Å². The molecule has 1 aliphatic heterocycles. The third-order valence-corrected chi connectivity index (χ3v) is 6.05. The summed E-state index contributed by atoms with van der Waals surface area (Å²) in [5, 5.41) is 3.24. The van der Waals surface area contributed by atoms with Gasteiger partial charge in [0.15, 0.2) is 0 Å². The molecular weight excluding hydrogens is 353 g/mol. The number of benzene rings is 1. The highest BCUT2D eigenvalue weighted by Crippen LogP contribution is 2.30. The Morgan fingerprint density at radius 1 is 1.00 bits per heavy atom. The average molecular weight is 381 g/mol. The standard InChI is InChI=1S/C23H28FN3O/c24-21-15-18(17-10-12-25-13-11-17)8-9-22(21)27-14-4-5-19(16-27)23(28)26-20-6-2-1-3-7-20/h8-13,15,19-20H,1-7,14,16H2,(H,26,28)/t19-/m0/s1. The zero-order chi connectivity index (χ0) is 19.3. The van der Waals surface area contributed by atoms with Gasteiger partial charge < -0.3 is 10.2 Å². The monoisotopic (exact) mass is 381 g/mol. The van der Waals surface area contributed by atoms with Crippen molar-refractivity contribution in [2.75, 3.05) is 18.0 Å². The van der Waals surface area contributed by atoms with Gasteiger partial charge in [0.1, 0.15) is 5.82 Å². The van der Waals surface area contributed by atoms with Gasteiger partial charge in [-0.2, -0.15) is 0 Å². The number of pyridine rings is 1. The minimum absolute atomic E-state index is 0.0602. The molecule has 1 aliphatic carbocycles. The number of rotatable bonds is 4. The first-order valence-corrected chi connectivity index (χ1v) is 10.5. The maximum atomic E-state index is 14.9. The number of hydrogen-bond acceptors (Lipinski definition) is 3. The number of carbonyl (C=O) groups excluding carboxylic acids is 1. The number of halogens is 1. The summed E-state index contributed by atoms with van der Waals surface area (Å²) >= 11 is 0. The van der Waals surface area contributed by atoms with E-state index in [1.54, 1.807) is 18.5 Å². The number of nitrogens with zero attached hydrogens (tertiary/aromatic N) is 2. The summed E-state index contributed by atoms with van der Waals surface area (Å²) in [5.74, 6) is -0.150. The van der Waals surface area contributed by atoms with E-state index < -0.39 is 0 Å². The number of hydrogen-bond donors (Lipinski definition) is 1. The molecule has 1 saturated carbocycles. The minimum atomic E-state index is -0.234. The molecule has 4 rings (SSSR count). The Morgan fingerprint density at radius 2 is 1.79 bits per heavy atom. The zero-order valence-electron chi connectivity index (χ0n) is 16.2. The van der Waals surface area contributed by atoms with Crippen LogP contribution in [-0.4, -0.2) is 30.0 Å². The predicted octanol–water partition coefficient (Wildman–Crippen LogP) is 4.55. The molecule has 0 unspecified atom stereocenters. The summed E-state index contributed by atoms with van der Waals surface area (Å²) in [4.78, 5) is 18.8. The Labute approximate surface area is 166 Å². The third kappa shape index (κ3) is 4.34. The zero-order valence-corrected chi connectivity index (χ0v) is 16.2. The fraction of sp³-hybridized carbons (Fsp3) is 0.478. The van der Waals surface area contributed by atoms with Crippen molar-refractivity contribution in [3.8, 4) is 11.1 Å². The highest BCUT2D eigenvalue weighted by Gasteiger charge is 2.28. The van der Waals surface area contributed by atoms with Crippen molar-refractivity contribution in [1.82, 2.24) is 10.3 Å². The van der Waals surface area contributed by atoms with Crippen LogP contribution in [0.3, 0.4) is 0 Å². The lowest BCUT2D eigenvalue weighted by Crippen LogP contribution is -2.46. The van der Waals surface area contributed by atoms with Gasteiger partial charge in [-0.25, -0.2) is 4.39 Å². The number of piperidine rings is 1. The van der Waals surface area contributed by atoms with Crippen LogP contribution in [0.4, 0.5) is 10.1 Å². The van der Waals surface area contributed by atoms with E-state index in [4.69, 9.17) is 0 Å². The summed E-state index contributed by atoms with van der Waals surface area (Å²) < 4.78 is 14.9. The van der Waals surface area contributed by atoms with Crippen molar-refractivity contribution in [3.05, 3.63) is 48.5 Å². The van der Waals surface area contributed by atoms with E-state index in [1.807, 2.05) is 29.2 Å².